The molecule has 0 radical (unpaired) electrons. The number of halogens is 2. The third-order valence-electron chi connectivity index (χ3n) is 18.2. The number of fused-ring (bicyclic) bond motifs is 10. The van der Waals surface area contributed by atoms with E-state index in [-0.39, 0.29) is 110 Å². The van der Waals surface area contributed by atoms with Gasteiger partial charge in [0.1, 0.15) is 33.7 Å². The summed E-state index contributed by atoms with van der Waals surface area (Å²) in [5, 5.41) is 29.3. The summed E-state index contributed by atoms with van der Waals surface area (Å²) in [5.74, 6) is -0.219. The number of allylic oxidation sites excluding steroid dienone is 1. The first-order valence-corrected chi connectivity index (χ1v) is 31.3. The number of amides is 4. The van der Waals surface area contributed by atoms with Crippen molar-refractivity contribution in [3.63, 3.8) is 0 Å². The summed E-state index contributed by atoms with van der Waals surface area (Å²) < 4.78 is 67.4. The Labute approximate surface area is 541 Å². The van der Waals surface area contributed by atoms with Crippen LogP contribution < -0.4 is 29.9 Å². The number of rotatable bonds is 13. The van der Waals surface area contributed by atoms with E-state index >= 15 is 8.78 Å². The zero-order valence-corrected chi connectivity index (χ0v) is 53.3. The van der Waals surface area contributed by atoms with Crippen LogP contribution in [-0.4, -0.2) is 133 Å². The highest BCUT2D eigenvalue weighted by atomic mass is 19.1. The number of aromatic nitrogens is 2. The molecule has 6 fully saturated rings. The molecule has 94 heavy (non-hydrogen) atoms. The van der Waals surface area contributed by atoms with Crippen LogP contribution in [0.1, 0.15) is 71.9 Å². The molecular weight excluding hydrogens is 1200 g/mol. The highest BCUT2D eigenvalue weighted by molar-refractivity contribution is 6.13. The third-order valence-corrected chi connectivity index (χ3v) is 18.2. The maximum absolute atomic E-state index is 17.1. The molecular formula is C72H70F2N10O10. The van der Waals surface area contributed by atoms with Crippen molar-refractivity contribution in [1.82, 2.24) is 19.8 Å². The van der Waals surface area contributed by atoms with Crippen molar-refractivity contribution < 1.29 is 56.4 Å². The first-order chi connectivity index (χ1) is 45.1. The van der Waals surface area contributed by atoms with Gasteiger partial charge in [-0.05, 0) is 147 Å². The van der Waals surface area contributed by atoms with E-state index in [1.54, 1.807) is 28.0 Å². The molecule has 2 N–H and O–H groups in total. The normalized spacial score (nSPS) is 20.2. The molecule has 6 unspecified atom stereocenters. The smallest absolute Gasteiger partial charge is 0.410 e. The van der Waals surface area contributed by atoms with Crippen molar-refractivity contribution in [2.75, 3.05) is 74.4 Å². The summed E-state index contributed by atoms with van der Waals surface area (Å²) in [7, 11) is 3.06. The minimum Gasteiger partial charge on any atom is -0.468 e. The van der Waals surface area contributed by atoms with Crippen molar-refractivity contribution >= 4 is 96.2 Å². The van der Waals surface area contributed by atoms with Gasteiger partial charge < -0.3 is 58.7 Å². The van der Waals surface area contributed by atoms with Crippen LogP contribution in [0.4, 0.5) is 41.1 Å². The van der Waals surface area contributed by atoms with Gasteiger partial charge in [0.15, 0.2) is 25.2 Å². The van der Waals surface area contributed by atoms with Crippen LogP contribution in [-0.2, 0) is 35.0 Å². The van der Waals surface area contributed by atoms with Crippen LogP contribution in [0.15, 0.2) is 103 Å². The zero-order valence-electron chi connectivity index (χ0n) is 53.3. The molecule has 20 nitrogen and oxygen atoms in total. The minimum absolute atomic E-state index is 0.0168. The lowest BCUT2D eigenvalue weighted by molar-refractivity contribution is -0.116. The van der Waals surface area contributed by atoms with Gasteiger partial charge in [0.05, 0.1) is 84.5 Å². The number of hydrogen-bond donors (Lipinski definition) is 2. The van der Waals surface area contributed by atoms with Crippen LogP contribution in [0.25, 0.3) is 71.7 Å². The van der Waals surface area contributed by atoms with Gasteiger partial charge >= 0.3 is 12.2 Å². The fraction of sp³-hybridized carbons (Fsp3) is 0.361. The van der Waals surface area contributed by atoms with Crippen molar-refractivity contribution in [2.45, 2.75) is 103 Å². The molecule has 6 aliphatic heterocycles. The summed E-state index contributed by atoms with van der Waals surface area (Å²) in [6.45, 7) is 12.2. The molecule has 8 aromatic rings. The Morgan fingerprint density at radius 1 is 0.649 bits per heavy atom. The van der Waals surface area contributed by atoms with Crippen molar-refractivity contribution in [1.29, 1.82) is 10.5 Å². The minimum atomic E-state index is -0.637. The van der Waals surface area contributed by atoms with E-state index in [2.05, 4.69) is 26.7 Å². The Bertz CT molecular complexity index is 4550. The molecule has 0 spiro atoms. The Balaban J connectivity index is 0.000000171. The number of carbonyl (C=O) groups excluding carboxylic acids is 4. The number of anilines is 4. The van der Waals surface area contributed by atoms with Gasteiger partial charge in [-0.25, -0.2) is 18.4 Å². The lowest BCUT2D eigenvalue weighted by atomic mass is 9.78. The predicted octanol–water partition coefficient (Wildman–Crippen LogP) is 12.9. The number of aryl methyl sites for hydroxylation is 1. The quantitative estimate of drug-likeness (QED) is 0.0806. The predicted molar refractivity (Wildman–Crippen MR) is 352 cm³/mol. The zero-order chi connectivity index (χ0) is 66.1. The standard InChI is InChI=1S/C36H36FN5O5.C36H34FN5O5/c2*1-36(2,3)47-35(44)41-17-22-14-28(41)33(22)42-18-29(43)40-27-16-39-32-26(34(27)42)13-21(9-7-11-38)30(31(32)37)25-15-23(46-19-45-4)12-20-8-5-6-10-24(20)25/h5-6,8,10,12-13,15-16,22,28,33H,7,9,14,17-19H2,1-4H3,(H,40,43);5-10,12-13,15-16,22,28,33H,14,17-19H2,1-4H3,(H,40,43)/b;9-7+. The van der Waals surface area contributed by atoms with E-state index in [1.165, 1.54) is 32.7 Å². The largest absolute Gasteiger partial charge is 0.468 e. The molecule has 4 amide bonds. The molecule has 4 saturated heterocycles. The summed E-state index contributed by atoms with van der Waals surface area (Å²) >= 11 is 0. The number of hydrogen-bond acceptors (Lipinski definition) is 16. The number of benzene rings is 6. The summed E-state index contributed by atoms with van der Waals surface area (Å²) in [5.41, 5.74) is 4.19. The second-order valence-corrected chi connectivity index (χ2v) is 26.5. The van der Waals surface area contributed by atoms with Gasteiger partial charge in [0, 0.05) is 73.5 Å². The summed E-state index contributed by atoms with van der Waals surface area (Å²) in [6.07, 6.45) is 7.22. The molecule has 482 valence electrons. The van der Waals surface area contributed by atoms with Gasteiger partial charge in [-0.2, -0.15) is 10.5 Å². The Kier molecular flexibility index (Phi) is 16.5. The number of carbonyl (C=O) groups is 4. The van der Waals surface area contributed by atoms with Crippen LogP contribution in [0.3, 0.4) is 0 Å². The molecule has 4 bridgehead atoms. The average Bonchev–Trinajstić information content (AvgIpc) is 1.33. The first-order valence-electron chi connectivity index (χ1n) is 31.3. The van der Waals surface area contributed by atoms with Crippen molar-refractivity contribution in [3.8, 4) is 45.9 Å². The SMILES string of the molecule is COCOc1cc(-c2c(/C=C/C#N)cc3c4c(cnc3c2F)NC(=O)CN4C2C3CC2N(C(=O)OC(C)(C)C)C3)c2ccccc2c1.COCOc1cc(-c2c(CCC#N)cc3c4c(cnc3c2F)NC(=O)CN4C2C3CC2N(C(=O)OC(C)(C)C)C3)c2ccccc2c1. The molecule has 2 saturated carbocycles. The molecule has 6 aromatic carbocycles. The van der Waals surface area contributed by atoms with E-state index in [1.807, 2.05) is 130 Å². The molecule has 2 aromatic heterocycles. The molecule has 16 rings (SSSR count). The Hall–Kier alpha value is -10.2. The first kappa shape index (κ1) is 62.6. The second-order valence-electron chi connectivity index (χ2n) is 26.5. The molecule has 2 aliphatic carbocycles. The highest BCUT2D eigenvalue weighted by Gasteiger charge is 2.59. The monoisotopic (exact) mass is 1270 g/mol. The number of nitriles is 2. The van der Waals surface area contributed by atoms with Gasteiger partial charge in [0.25, 0.3) is 0 Å². The van der Waals surface area contributed by atoms with Crippen LogP contribution in [0, 0.1) is 46.1 Å². The number of methoxy groups -OCH3 is 2. The average molecular weight is 1270 g/mol. The number of nitrogens with zero attached hydrogens (tertiary/aromatic N) is 8. The van der Waals surface area contributed by atoms with Crippen molar-refractivity contribution in [2.24, 2.45) is 11.8 Å². The maximum atomic E-state index is 17.1. The fourth-order valence-electron chi connectivity index (χ4n) is 14.6. The third kappa shape index (κ3) is 11.5. The molecule has 22 heteroatoms. The number of ether oxygens (including phenoxy) is 6. The van der Waals surface area contributed by atoms with Gasteiger partial charge in [0.2, 0.25) is 11.8 Å². The summed E-state index contributed by atoms with van der Waals surface area (Å²) in [6, 6.07) is 30.0. The van der Waals surface area contributed by atoms with E-state index in [4.69, 9.17) is 28.4 Å². The molecule has 8 heterocycles. The lowest BCUT2D eigenvalue weighted by Crippen LogP contribution is -2.59. The van der Waals surface area contributed by atoms with Gasteiger partial charge in [-0.15, -0.1) is 0 Å². The lowest BCUT2D eigenvalue weighted by Gasteiger charge is -2.47. The Morgan fingerprint density at radius 3 is 1.59 bits per heavy atom. The van der Waals surface area contributed by atoms with E-state index in [0.29, 0.717) is 92.3 Å². The summed E-state index contributed by atoms with van der Waals surface area (Å²) in [4.78, 5) is 68.7. The van der Waals surface area contributed by atoms with E-state index in [0.717, 1.165) is 34.4 Å². The van der Waals surface area contributed by atoms with E-state index in [9.17, 15) is 29.7 Å². The number of pyridine rings is 2. The van der Waals surface area contributed by atoms with Crippen LogP contribution in [0.2, 0.25) is 0 Å². The van der Waals surface area contributed by atoms with E-state index < -0.39 is 22.8 Å². The topological polar surface area (TPSA) is 234 Å². The van der Waals surface area contributed by atoms with Gasteiger partial charge in [-0.3, -0.25) is 19.6 Å². The van der Waals surface area contributed by atoms with Gasteiger partial charge in [-0.1, -0.05) is 48.5 Å². The maximum Gasteiger partial charge on any atom is 0.410 e. The highest BCUT2D eigenvalue weighted by Crippen LogP contribution is 2.53. The second kappa shape index (κ2) is 24.7. The Morgan fingerprint density at radius 2 is 1.12 bits per heavy atom. The molecule has 6 atom stereocenters. The number of nitrogens with one attached hydrogen (secondary N) is 2. The van der Waals surface area contributed by atoms with Crippen LogP contribution >= 0.6 is 0 Å². The fourth-order valence-corrected chi connectivity index (χ4v) is 14.6. The van der Waals surface area contributed by atoms with Crippen LogP contribution in [0.5, 0.6) is 11.5 Å². The molecule has 8 aliphatic rings. The van der Waals surface area contributed by atoms with Crippen molar-refractivity contribution in [3.05, 3.63) is 126 Å².